The first kappa shape index (κ1) is 12.1. The van der Waals surface area contributed by atoms with Crippen molar-refractivity contribution in [1.82, 2.24) is 5.32 Å². The molecule has 0 aliphatic rings. The molecule has 0 rings (SSSR count). The number of ether oxygens (including phenoxy) is 1. The second kappa shape index (κ2) is 7.77. The molecule has 0 aromatic rings. The van der Waals surface area contributed by atoms with Crippen LogP contribution in [-0.4, -0.2) is 25.8 Å². The molecule has 2 nitrogen and oxygen atoms in total. The number of nitrogens with one attached hydrogen (secondary N) is 1. The highest BCUT2D eigenvalue weighted by Crippen LogP contribution is 2.00. The van der Waals surface area contributed by atoms with E-state index in [9.17, 15) is 0 Å². The van der Waals surface area contributed by atoms with E-state index in [4.69, 9.17) is 4.74 Å². The van der Waals surface area contributed by atoms with Crippen molar-refractivity contribution in [3.8, 4) is 0 Å². The fraction of sp³-hybridized carbons (Fsp3) is 0.778. The number of halogens is 1. The van der Waals surface area contributed by atoms with Gasteiger partial charge < -0.3 is 10.1 Å². The molecule has 0 saturated carbocycles. The highest BCUT2D eigenvalue weighted by Gasteiger charge is 1.92. The molecule has 0 heterocycles. The third kappa shape index (κ3) is 10.1. The Kier molecular flexibility index (Phi) is 7.86. The van der Waals surface area contributed by atoms with E-state index in [1.54, 1.807) is 0 Å². The van der Waals surface area contributed by atoms with Gasteiger partial charge in [0.1, 0.15) is 0 Å². The molecule has 0 bridgehead atoms. The average molecular weight is 236 g/mol. The van der Waals surface area contributed by atoms with Gasteiger partial charge in [-0.1, -0.05) is 36.4 Å². The van der Waals surface area contributed by atoms with E-state index in [2.05, 4.69) is 41.7 Å². The van der Waals surface area contributed by atoms with Crippen LogP contribution in [0.2, 0.25) is 0 Å². The van der Waals surface area contributed by atoms with E-state index < -0.39 is 0 Å². The molecule has 0 aliphatic heterocycles. The van der Waals surface area contributed by atoms with Crippen LogP contribution in [0.25, 0.3) is 0 Å². The zero-order valence-corrected chi connectivity index (χ0v) is 9.49. The summed E-state index contributed by atoms with van der Waals surface area (Å²) in [6.07, 6.45) is 1.05. The van der Waals surface area contributed by atoms with Crippen LogP contribution in [0, 0.1) is 0 Å². The molecular weight excluding hydrogens is 218 g/mol. The van der Waals surface area contributed by atoms with Gasteiger partial charge in [-0.25, -0.2) is 0 Å². The third-order valence-electron chi connectivity index (χ3n) is 1.28. The largest absolute Gasteiger partial charge is 0.376 e. The maximum Gasteiger partial charge on any atom is 0.0775 e. The van der Waals surface area contributed by atoms with Gasteiger partial charge in [-0.15, -0.1) is 0 Å². The minimum atomic E-state index is 0.566. The Morgan fingerprint density at radius 2 is 2.25 bits per heavy atom. The predicted octanol–water partition coefficient (Wildman–Crippen LogP) is 2.30. The molecular formula is C9H18BrNO. The molecule has 0 atom stereocenters. The van der Waals surface area contributed by atoms with Gasteiger partial charge in [0, 0.05) is 17.1 Å². The van der Waals surface area contributed by atoms with Crippen LogP contribution in [0.4, 0.5) is 0 Å². The molecule has 0 aromatic carbocycles. The Morgan fingerprint density at radius 1 is 1.58 bits per heavy atom. The van der Waals surface area contributed by atoms with E-state index in [0.29, 0.717) is 12.6 Å². The lowest BCUT2D eigenvalue weighted by molar-refractivity contribution is 0.157. The Balaban J connectivity index is 2.96. The molecule has 0 saturated heterocycles. The minimum Gasteiger partial charge on any atom is -0.376 e. The van der Waals surface area contributed by atoms with Crippen molar-refractivity contribution in [2.75, 3.05) is 19.8 Å². The highest BCUT2D eigenvalue weighted by molar-refractivity contribution is 9.11. The first-order chi connectivity index (χ1) is 5.63. The maximum atomic E-state index is 5.29. The van der Waals surface area contributed by atoms with E-state index in [1.807, 2.05) is 0 Å². The molecule has 0 amide bonds. The summed E-state index contributed by atoms with van der Waals surface area (Å²) in [5.41, 5.74) is 0. The van der Waals surface area contributed by atoms with Gasteiger partial charge in [-0.05, 0) is 13.0 Å². The zero-order valence-electron chi connectivity index (χ0n) is 7.90. The Bertz CT molecular complexity index is 126. The smallest absolute Gasteiger partial charge is 0.0775 e. The predicted molar refractivity (Wildman–Crippen MR) is 56.6 cm³/mol. The molecule has 1 N–H and O–H groups in total. The van der Waals surface area contributed by atoms with E-state index >= 15 is 0 Å². The second-order valence-corrected chi connectivity index (χ2v) is 4.15. The molecule has 0 aromatic heterocycles. The fourth-order valence-corrected chi connectivity index (χ4v) is 0.910. The van der Waals surface area contributed by atoms with E-state index in [1.165, 1.54) is 0 Å². The van der Waals surface area contributed by atoms with Crippen molar-refractivity contribution in [3.63, 3.8) is 0 Å². The average Bonchev–Trinajstić information content (AvgIpc) is 1.95. The van der Waals surface area contributed by atoms with Gasteiger partial charge in [0.05, 0.1) is 6.61 Å². The number of hydrogen-bond acceptors (Lipinski definition) is 2. The van der Waals surface area contributed by atoms with Gasteiger partial charge in [-0.2, -0.15) is 0 Å². The van der Waals surface area contributed by atoms with Crippen molar-refractivity contribution >= 4 is 15.9 Å². The molecule has 3 heteroatoms. The normalized spacial score (nSPS) is 10.7. The highest BCUT2D eigenvalue weighted by atomic mass is 79.9. The van der Waals surface area contributed by atoms with Crippen LogP contribution in [0.15, 0.2) is 11.1 Å². The lowest BCUT2D eigenvalue weighted by Crippen LogP contribution is -2.24. The molecule has 0 aliphatic carbocycles. The van der Waals surface area contributed by atoms with Crippen molar-refractivity contribution in [2.45, 2.75) is 26.3 Å². The van der Waals surface area contributed by atoms with Gasteiger partial charge >= 0.3 is 0 Å². The SMILES string of the molecule is C=C(Br)COCCCNC(C)C. The van der Waals surface area contributed by atoms with Gasteiger partial charge in [-0.3, -0.25) is 0 Å². The van der Waals surface area contributed by atoms with Crippen molar-refractivity contribution in [1.29, 1.82) is 0 Å². The molecule has 72 valence electrons. The lowest BCUT2D eigenvalue weighted by atomic mass is 10.3. The van der Waals surface area contributed by atoms with Gasteiger partial charge in [0.2, 0.25) is 0 Å². The van der Waals surface area contributed by atoms with E-state index in [0.717, 1.165) is 24.1 Å². The summed E-state index contributed by atoms with van der Waals surface area (Å²) >= 11 is 3.23. The molecule has 0 radical (unpaired) electrons. The van der Waals surface area contributed by atoms with Crippen LogP contribution in [0.5, 0.6) is 0 Å². The Morgan fingerprint density at radius 3 is 2.75 bits per heavy atom. The van der Waals surface area contributed by atoms with Gasteiger partial charge in [0.15, 0.2) is 0 Å². The van der Waals surface area contributed by atoms with Crippen LogP contribution in [0.3, 0.4) is 0 Å². The van der Waals surface area contributed by atoms with E-state index in [-0.39, 0.29) is 0 Å². The number of hydrogen-bond donors (Lipinski definition) is 1. The monoisotopic (exact) mass is 235 g/mol. The first-order valence-electron chi connectivity index (χ1n) is 4.27. The standard InChI is InChI=1S/C9H18BrNO/c1-8(2)11-5-4-6-12-7-9(3)10/h8,11H,3-7H2,1-2H3. The summed E-state index contributed by atoms with van der Waals surface area (Å²) in [6.45, 7) is 10.4. The third-order valence-corrected chi connectivity index (χ3v) is 1.51. The molecule has 0 unspecified atom stereocenters. The topological polar surface area (TPSA) is 21.3 Å². The molecule has 12 heavy (non-hydrogen) atoms. The zero-order chi connectivity index (χ0) is 9.40. The van der Waals surface area contributed by atoms with Crippen molar-refractivity contribution in [2.24, 2.45) is 0 Å². The maximum absolute atomic E-state index is 5.29. The molecule has 0 spiro atoms. The Hall–Kier alpha value is 0.140. The summed E-state index contributed by atoms with van der Waals surface area (Å²) in [7, 11) is 0. The summed E-state index contributed by atoms with van der Waals surface area (Å²) in [4.78, 5) is 0. The van der Waals surface area contributed by atoms with Crippen molar-refractivity contribution in [3.05, 3.63) is 11.1 Å². The van der Waals surface area contributed by atoms with Crippen LogP contribution in [-0.2, 0) is 4.74 Å². The molecule has 0 fully saturated rings. The van der Waals surface area contributed by atoms with Crippen molar-refractivity contribution < 1.29 is 4.74 Å². The summed E-state index contributed by atoms with van der Waals surface area (Å²) in [5, 5.41) is 3.32. The lowest BCUT2D eigenvalue weighted by Gasteiger charge is -2.07. The van der Waals surface area contributed by atoms with Crippen LogP contribution >= 0.6 is 15.9 Å². The summed E-state index contributed by atoms with van der Waals surface area (Å²) in [5.74, 6) is 0. The van der Waals surface area contributed by atoms with Gasteiger partial charge in [0.25, 0.3) is 0 Å². The minimum absolute atomic E-state index is 0.566. The first-order valence-corrected chi connectivity index (χ1v) is 5.06. The van der Waals surface area contributed by atoms with Crippen LogP contribution < -0.4 is 5.32 Å². The Labute approximate surface area is 83.5 Å². The fourth-order valence-electron chi connectivity index (χ4n) is 0.748. The quantitative estimate of drug-likeness (QED) is 0.685. The van der Waals surface area contributed by atoms with Crippen LogP contribution in [0.1, 0.15) is 20.3 Å². The summed E-state index contributed by atoms with van der Waals surface area (Å²) < 4.78 is 6.19. The second-order valence-electron chi connectivity index (χ2n) is 3.03. The number of rotatable bonds is 7. The summed E-state index contributed by atoms with van der Waals surface area (Å²) in [6, 6.07) is 0.566.